The number of sulfone groups is 1. The number of anilines is 1. The molecule has 2 aliphatic rings. The molecule has 22 heavy (non-hydrogen) atoms. The largest absolute Gasteiger partial charge is 0.340 e. The number of aromatic nitrogens is 2. The molecule has 0 aromatic carbocycles. The van der Waals surface area contributed by atoms with E-state index < -0.39 is 9.84 Å². The van der Waals surface area contributed by atoms with Crippen molar-refractivity contribution in [1.82, 2.24) is 14.9 Å². The first kappa shape index (κ1) is 15.2. The highest BCUT2D eigenvalue weighted by Gasteiger charge is 2.31. The van der Waals surface area contributed by atoms with Crippen molar-refractivity contribution in [1.29, 1.82) is 0 Å². The van der Waals surface area contributed by atoms with Gasteiger partial charge in [-0.15, -0.1) is 0 Å². The zero-order chi connectivity index (χ0) is 15.7. The third-order valence-corrected chi connectivity index (χ3v) is 6.10. The van der Waals surface area contributed by atoms with E-state index in [9.17, 15) is 13.2 Å². The first-order chi connectivity index (χ1) is 10.5. The predicted octanol–water partition coefficient (Wildman–Crippen LogP) is 0.336. The molecule has 1 atom stereocenters. The number of carbonyl (C=O) groups excluding carboxylic acids is 1. The lowest BCUT2D eigenvalue weighted by Crippen LogP contribution is -2.34. The molecule has 0 spiro atoms. The van der Waals surface area contributed by atoms with E-state index in [0.717, 1.165) is 25.9 Å². The van der Waals surface area contributed by atoms with Crippen LogP contribution in [-0.2, 0) is 9.84 Å². The molecule has 0 radical (unpaired) electrons. The zero-order valence-electron chi connectivity index (χ0n) is 12.6. The Labute approximate surface area is 130 Å². The third kappa shape index (κ3) is 3.06. The SMILES string of the molecule is CN(c1ncc(C(=O)N2CCCC2)cn1)C1CCS(=O)(=O)C1. The van der Waals surface area contributed by atoms with Crippen LogP contribution >= 0.6 is 0 Å². The van der Waals surface area contributed by atoms with Gasteiger partial charge in [0.1, 0.15) is 0 Å². The molecule has 120 valence electrons. The molecule has 3 heterocycles. The lowest BCUT2D eigenvalue weighted by Gasteiger charge is -2.23. The maximum Gasteiger partial charge on any atom is 0.256 e. The van der Waals surface area contributed by atoms with E-state index >= 15 is 0 Å². The van der Waals surface area contributed by atoms with E-state index in [4.69, 9.17) is 0 Å². The van der Waals surface area contributed by atoms with E-state index in [1.165, 1.54) is 12.4 Å². The van der Waals surface area contributed by atoms with Gasteiger partial charge in [-0.2, -0.15) is 0 Å². The van der Waals surface area contributed by atoms with E-state index in [1.54, 1.807) is 11.9 Å². The number of hydrogen-bond acceptors (Lipinski definition) is 6. The molecule has 0 bridgehead atoms. The van der Waals surface area contributed by atoms with Crippen molar-refractivity contribution in [3.8, 4) is 0 Å². The molecular weight excluding hydrogens is 304 g/mol. The normalized spacial score (nSPS) is 23.7. The maximum absolute atomic E-state index is 12.2. The van der Waals surface area contributed by atoms with Gasteiger partial charge < -0.3 is 9.80 Å². The van der Waals surface area contributed by atoms with Crippen LogP contribution in [0.5, 0.6) is 0 Å². The zero-order valence-corrected chi connectivity index (χ0v) is 13.4. The summed E-state index contributed by atoms with van der Waals surface area (Å²) < 4.78 is 23.1. The quantitative estimate of drug-likeness (QED) is 0.797. The standard InChI is InChI=1S/C14H20N4O3S/c1-17(12-4-7-22(20,21)10-12)14-15-8-11(9-16-14)13(19)18-5-2-3-6-18/h8-9,12H,2-7,10H2,1H3. The van der Waals surface area contributed by atoms with Gasteiger partial charge in [-0.1, -0.05) is 0 Å². The third-order valence-electron chi connectivity index (χ3n) is 4.35. The fourth-order valence-corrected chi connectivity index (χ4v) is 4.74. The molecule has 1 aromatic rings. The second-order valence-corrected chi connectivity index (χ2v) is 8.17. The lowest BCUT2D eigenvalue weighted by molar-refractivity contribution is 0.0792. The van der Waals surface area contributed by atoms with Crippen LogP contribution < -0.4 is 4.90 Å². The summed E-state index contributed by atoms with van der Waals surface area (Å²) in [7, 11) is -1.14. The summed E-state index contributed by atoms with van der Waals surface area (Å²) in [6.07, 6.45) is 5.75. The minimum atomic E-state index is -2.94. The average molecular weight is 324 g/mol. The number of rotatable bonds is 3. The van der Waals surface area contributed by atoms with Crippen LogP contribution in [-0.4, -0.2) is 66.9 Å². The maximum atomic E-state index is 12.2. The van der Waals surface area contributed by atoms with Crippen LogP contribution in [0.1, 0.15) is 29.6 Å². The highest BCUT2D eigenvalue weighted by atomic mass is 32.2. The summed E-state index contributed by atoms with van der Waals surface area (Å²) in [6, 6.07) is -0.0925. The van der Waals surface area contributed by atoms with Crippen LogP contribution in [0.25, 0.3) is 0 Å². The first-order valence-electron chi connectivity index (χ1n) is 7.51. The van der Waals surface area contributed by atoms with Gasteiger partial charge in [0, 0.05) is 38.6 Å². The number of carbonyl (C=O) groups is 1. The van der Waals surface area contributed by atoms with Gasteiger partial charge >= 0.3 is 0 Å². The van der Waals surface area contributed by atoms with Gasteiger partial charge in [-0.25, -0.2) is 18.4 Å². The molecule has 1 amide bonds. The molecule has 1 unspecified atom stereocenters. The molecular formula is C14H20N4O3S. The van der Waals surface area contributed by atoms with Gasteiger partial charge in [-0.3, -0.25) is 4.79 Å². The van der Waals surface area contributed by atoms with Crippen molar-refractivity contribution in [3.63, 3.8) is 0 Å². The summed E-state index contributed by atoms with van der Waals surface area (Å²) in [4.78, 5) is 24.3. The number of amides is 1. The Morgan fingerprint density at radius 1 is 1.27 bits per heavy atom. The molecule has 0 saturated carbocycles. The van der Waals surface area contributed by atoms with E-state index in [0.29, 0.717) is 17.9 Å². The predicted molar refractivity (Wildman–Crippen MR) is 82.6 cm³/mol. The molecule has 0 N–H and O–H groups in total. The van der Waals surface area contributed by atoms with Crippen LogP contribution in [0.4, 0.5) is 5.95 Å². The lowest BCUT2D eigenvalue weighted by atomic mass is 10.2. The summed E-state index contributed by atoms with van der Waals surface area (Å²) in [6.45, 7) is 1.58. The smallest absolute Gasteiger partial charge is 0.256 e. The van der Waals surface area contributed by atoms with Crippen molar-refractivity contribution < 1.29 is 13.2 Å². The molecule has 3 rings (SSSR count). The molecule has 2 aliphatic heterocycles. The highest BCUT2D eigenvalue weighted by molar-refractivity contribution is 7.91. The Balaban J connectivity index is 1.70. The Kier molecular flexibility index (Phi) is 4.03. The van der Waals surface area contributed by atoms with Crippen molar-refractivity contribution in [2.45, 2.75) is 25.3 Å². The van der Waals surface area contributed by atoms with Gasteiger partial charge in [0.2, 0.25) is 5.95 Å². The van der Waals surface area contributed by atoms with Gasteiger partial charge in [0.15, 0.2) is 9.84 Å². The van der Waals surface area contributed by atoms with Crippen molar-refractivity contribution in [2.24, 2.45) is 0 Å². The van der Waals surface area contributed by atoms with Gasteiger partial charge in [0.05, 0.1) is 17.1 Å². The highest BCUT2D eigenvalue weighted by Crippen LogP contribution is 2.20. The fourth-order valence-electron chi connectivity index (χ4n) is 2.96. The van der Waals surface area contributed by atoms with E-state index in [2.05, 4.69) is 9.97 Å². The molecule has 7 nitrogen and oxygen atoms in total. The Hall–Kier alpha value is -1.70. The van der Waals surface area contributed by atoms with E-state index in [1.807, 2.05) is 4.90 Å². The van der Waals surface area contributed by atoms with Crippen molar-refractivity contribution in [2.75, 3.05) is 36.5 Å². The number of likely N-dealkylation sites (tertiary alicyclic amines) is 1. The Morgan fingerprint density at radius 2 is 1.91 bits per heavy atom. The van der Waals surface area contributed by atoms with Crippen molar-refractivity contribution >= 4 is 21.7 Å². The molecule has 0 aliphatic carbocycles. The van der Waals surface area contributed by atoms with Crippen LogP contribution in [0, 0.1) is 0 Å². The summed E-state index contributed by atoms with van der Waals surface area (Å²) in [5, 5.41) is 0. The summed E-state index contributed by atoms with van der Waals surface area (Å²) >= 11 is 0. The number of hydrogen-bond donors (Lipinski definition) is 0. The topological polar surface area (TPSA) is 83.5 Å². The minimum Gasteiger partial charge on any atom is -0.340 e. The van der Waals surface area contributed by atoms with Crippen LogP contribution in [0.3, 0.4) is 0 Å². The molecule has 1 aromatic heterocycles. The Morgan fingerprint density at radius 3 is 2.45 bits per heavy atom. The van der Waals surface area contributed by atoms with Crippen LogP contribution in [0.15, 0.2) is 12.4 Å². The van der Waals surface area contributed by atoms with Crippen molar-refractivity contribution in [3.05, 3.63) is 18.0 Å². The molecule has 8 heteroatoms. The minimum absolute atomic E-state index is 0.0323. The Bertz CT molecular complexity index is 653. The summed E-state index contributed by atoms with van der Waals surface area (Å²) in [5.74, 6) is 0.782. The van der Waals surface area contributed by atoms with Gasteiger partial charge in [0.25, 0.3) is 5.91 Å². The average Bonchev–Trinajstić information content (AvgIpc) is 3.15. The second-order valence-electron chi connectivity index (χ2n) is 5.94. The fraction of sp³-hybridized carbons (Fsp3) is 0.643. The molecule has 2 fully saturated rings. The van der Waals surface area contributed by atoms with Crippen LogP contribution in [0.2, 0.25) is 0 Å². The summed E-state index contributed by atoms with van der Waals surface area (Å²) in [5.41, 5.74) is 0.484. The van der Waals surface area contributed by atoms with E-state index in [-0.39, 0.29) is 23.5 Å². The first-order valence-corrected chi connectivity index (χ1v) is 9.33. The van der Waals surface area contributed by atoms with Gasteiger partial charge in [-0.05, 0) is 19.3 Å². The monoisotopic (exact) mass is 324 g/mol. The number of nitrogens with zero attached hydrogens (tertiary/aromatic N) is 4. The molecule has 2 saturated heterocycles. The second kappa shape index (κ2) is 5.83.